The molecule has 0 radical (unpaired) electrons. The molecule has 0 spiro atoms. The van der Waals surface area contributed by atoms with Crippen molar-refractivity contribution >= 4 is 17.6 Å². The number of aromatic nitrogens is 1. The van der Waals surface area contributed by atoms with E-state index >= 15 is 0 Å². The Labute approximate surface area is 115 Å². The molecular formula is C14H12N2O4. The van der Waals surface area contributed by atoms with Crippen LogP contribution >= 0.6 is 0 Å². The smallest absolute Gasteiger partial charge is 0.337 e. The van der Waals surface area contributed by atoms with Crippen molar-refractivity contribution in [2.24, 2.45) is 0 Å². The normalized spacial score (nSPS) is 9.85. The van der Waals surface area contributed by atoms with Crippen molar-refractivity contribution in [1.82, 2.24) is 4.98 Å². The molecular weight excluding hydrogens is 260 g/mol. The summed E-state index contributed by atoms with van der Waals surface area (Å²) in [5, 5.41) is 11.6. The number of para-hydroxylation sites is 1. The minimum atomic E-state index is -1.11. The van der Waals surface area contributed by atoms with Crippen LogP contribution < -0.4 is 10.1 Å². The number of ether oxygens (including phenoxy) is 1. The third-order valence-corrected chi connectivity index (χ3v) is 2.61. The van der Waals surface area contributed by atoms with E-state index in [-0.39, 0.29) is 22.7 Å². The number of hydrogen-bond acceptors (Lipinski definition) is 4. The number of carboxylic acid groups (broad SMARTS) is 1. The highest BCUT2D eigenvalue weighted by Gasteiger charge is 2.16. The van der Waals surface area contributed by atoms with Crippen LogP contribution in [0.15, 0.2) is 42.6 Å². The summed E-state index contributed by atoms with van der Waals surface area (Å²) in [5.74, 6) is -1.42. The molecule has 0 aliphatic heterocycles. The first kappa shape index (κ1) is 13.5. The number of nitrogens with zero attached hydrogens (tertiary/aromatic N) is 1. The van der Waals surface area contributed by atoms with Gasteiger partial charge in [-0.05, 0) is 24.3 Å². The van der Waals surface area contributed by atoms with Gasteiger partial charge in [-0.1, -0.05) is 12.1 Å². The number of methoxy groups -OCH3 is 1. The molecule has 0 bridgehead atoms. The maximum Gasteiger partial charge on any atom is 0.337 e. The largest absolute Gasteiger partial charge is 0.480 e. The molecule has 2 aromatic rings. The van der Waals surface area contributed by atoms with Crippen LogP contribution in [-0.4, -0.2) is 29.1 Å². The summed E-state index contributed by atoms with van der Waals surface area (Å²) in [7, 11) is 1.41. The summed E-state index contributed by atoms with van der Waals surface area (Å²) in [6, 6.07) is 9.31. The summed E-state index contributed by atoms with van der Waals surface area (Å²) >= 11 is 0. The fourth-order valence-electron chi connectivity index (χ4n) is 1.69. The molecule has 0 aliphatic carbocycles. The van der Waals surface area contributed by atoms with Crippen molar-refractivity contribution in [3.63, 3.8) is 0 Å². The zero-order chi connectivity index (χ0) is 14.5. The average Bonchev–Trinajstić information content (AvgIpc) is 2.47. The monoisotopic (exact) mass is 272 g/mol. The first-order valence-corrected chi connectivity index (χ1v) is 5.76. The van der Waals surface area contributed by atoms with Crippen LogP contribution in [0.3, 0.4) is 0 Å². The number of aromatic carboxylic acids is 1. The van der Waals surface area contributed by atoms with Crippen LogP contribution in [0.25, 0.3) is 0 Å². The third-order valence-electron chi connectivity index (χ3n) is 2.61. The molecule has 2 N–H and O–H groups in total. The predicted molar refractivity (Wildman–Crippen MR) is 72.1 cm³/mol. The topological polar surface area (TPSA) is 88.5 Å². The highest BCUT2D eigenvalue weighted by atomic mass is 16.5. The summed E-state index contributed by atoms with van der Waals surface area (Å²) in [5.41, 5.74) is 0.467. The number of carbonyl (C=O) groups is 2. The van der Waals surface area contributed by atoms with Crippen LogP contribution in [0.1, 0.15) is 20.7 Å². The van der Waals surface area contributed by atoms with Crippen LogP contribution in [0, 0.1) is 0 Å². The molecule has 0 unspecified atom stereocenters. The van der Waals surface area contributed by atoms with E-state index in [9.17, 15) is 9.59 Å². The first-order valence-electron chi connectivity index (χ1n) is 5.76. The fraction of sp³-hybridized carbons (Fsp3) is 0.0714. The van der Waals surface area contributed by atoms with E-state index in [1.165, 1.54) is 25.4 Å². The minimum Gasteiger partial charge on any atom is -0.480 e. The molecule has 6 nitrogen and oxygen atoms in total. The van der Waals surface area contributed by atoms with Gasteiger partial charge in [0.1, 0.15) is 5.56 Å². The molecule has 0 aliphatic rings. The Hall–Kier alpha value is -2.89. The second-order valence-corrected chi connectivity index (χ2v) is 3.87. The van der Waals surface area contributed by atoms with Crippen LogP contribution in [0.4, 0.5) is 5.69 Å². The highest BCUT2D eigenvalue weighted by Crippen LogP contribution is 2.19. The Morgan fingerprint density at radius 1 is 1.15 bits per heavy atom. The van der Waals surface area contributed by atoms with E-state index in [4.69, 9.17) is 9.84 Å². The van der Waals surface area contributed by atoms with Gasteiger partial charge in [0.25, 0.3) is 5.91 Å². The third kappa shape index (κ3) is 2.74. The molecule has 1 aromatic carbocycles. The molecule has 0 atom stereocenters. The number of benzene rings is 1. The van der Waals surface area contributed by atoms with Gasteiger partial charge in [0.15, 0.2) is 0 Å². The average molecular weight is 272 g/mol. The Bertz CT molecular complexity index is 655. The first-order chi connectivity index (χ1) is 9.63. The van der Waals surface area contributed by atoms with Crippen molar-refractivity contribution in [2.75, 3.05) is 12.4 Å². The van der Waals surface area contributed by atoms with Crippen molar-refractivity contribution in [1.29, 1.82) is 0 Å². The molecule has 0 saturated heterocycles. The predicted octanol–water partition coefficient (Wildman–Crippen LogP) is 2.04. The Balaban J connectivity index is 2.31. The number of anilines is 1. The van der Waals surface area contributed by atoms with Crippen LogP contribution in [0.5, 0.6) is 5.88 Å². The van der Waals surface area contributed by atoms with Gasteiger partial charge in [0.2, 0.25) is 5.88 Å². The highest BCUT2D eigenvalue weighted by molar-refractivity contribution is 6.08. The Morgan fingerprint density at radius 3 is 2.55 bits per heavy atom. The van der Waals surface area contributed by atoms with E-state index in [0.717, 1.165) is 0 Å². The molecule has 20 heavy (non-hydrogen) atoms. The lowest BCUT2D eigenvalue weighted by molar-refractivity contribution is 0.0698. The zero-order valence-corrected chi connectivity index (χ0v) is 10.7. The lowest BCUT2D eigenvalue weighted by Crippen LogP contribution is -2.16. The quantitative estimate of drug-likeness (QED) is 0.889. The van der Waals surface area contributed by atoms with Gasteiger partial charge in [-0.2, -0.15) is 0 Å². The van der Waals surface area contributed by atoms with Gasteiger partial charge in [0.05, 0.1) is 18.4 Å². The van der Waals surface area contributed by atoms with E-state index in [2.05, 4.69) is 10.3 Å². The van der Waals surface area contributed by atoms with Gasteiger partial charge < -0.3 is 15.2 Å². The summed E-state index contributed by atoms with van der Waals surface area (Å²) < 4.78 is 4.99. The van der Waals surface area contributed by atoms with Gasteiger partial charge >= 0.3 is 5.97 Å². The molecule has 0 saturated carbocycles. The van der Waals surface area contributed by atoms with Crippen molar-refractivity contribution in [3.8, 4) is 5.88 Å². The lowest BCUT2D eigenvalue weighted by atomic mass is 10.1. The van der Waals surface area contributed by atoms with E-state index < -0.39 is 11.9 Å². The molecule has 2 rings (SSSR count). The maximum absolute atomic E-state index is 12.1. The van der Waals surface area contributed by atoms with Gasteiger partial charge in [-0.3, -0.25) is 4.79 Å². The number of carboxylic acids is 1. The van der Waals surface area contributed by atoms with Gasteiger partial charge in [-0.15, -0.1) is 0 Å². The number of rotatable bonds is 4. The van der Waals surface area contributed by atoms with Crippen LogP contribution in [0.2, 0.25) is 0 Å². The zero-order valence-electron chi connectivity index (χ0n) is 10.7. The second-order valence-electron chi connectivity index (χ2n) is 3.87. The Kier molecular flexibility index (Phi) is 3.95. The van der Waals surface area contributed by atoms with Gasteiger partial charge in [-0.25, -0.2) is 9.78 Å². The Morgan fingerprint density at radius 2 is 1.85 bits per heavy atom. The number of pyridine rings is 1. The molecule has 1 heterocycles. The maximum atomic E-state index is 12.1. The second kappa shape index (κ2) is 5.83. The van der Waals surface area contributed by atoms with Crippen molar-refractivity contribution in [2.45, 2.75) is 0 Å². The van der Waals surface area contributed by atoms with Crippen molar-refractivity contribution < 1.29 is 19.4 Å². The summed E-state index contributed by atoms with van der Waals surface area (Å²) in [4.78, 5) is 27.1. The molecule has 1 amide bonds. The summed E-state index contributed by atoms with van der Waals surface area (Å²) in [6.07, 6.45) is 1.50. The van der Waals surface area contributed by atoms with Crippen molar-refractivity contribution in [3.05, 3.63) is 53.7 Å². The molecule has 0 fully saturated rings. The SMILES string of the molecule is COc1ncccc1C(=O)Nc1ccccc1C(=O)O. The van der Waals surface area contributed by atoms with E-state index in [0.29, 0.717) is 0 Å². The molecule has 102 valence electrons. The van der Waals surface area contributed by atoms with E-state index in [1.54, 1.807) is 24.3 Å². The molecule has 1 aromatic heterocycles. The fourth-order valence-corrected chi connectivity index (χ4v) is 1.69. The summed E-state index contributed by atoms with van der Waals surface area (Å²) in [6.45, 7) is 0. The number of carbonyl (C=O) groups excluding carboxylic acids is 1. The molecule has 6 heteroatoms. The number of hydrogen-bond donors (Lipinski definition) is 2. The number of amides is 1. The van der Waals surface area contributed by atoms with E-state index in [1.807, 2.05) is 0 Å². The van der Waals surface area contributed by atoms with Crippen LogP contribution in [-0.2, 0) is 0 Å². The standard InChI is InChI=1S/C14H12N2O4/c1-20-13-10(6-4-8-15-13)12(17)16-11-7-3-2-5-9(11)14(18)19/h2-8H,1H3,(H,16,17)(H,18,19). The lowest BCUT2D eigenvalue weighted by Gasteiger charge is -2.10. The number of nitrogens with one attached hydrogen (secondary N) is 1. The van der Waals surface area contributed by atoms with Gasteiger partial charge in [0, 0.05) is 6.20 Å². The minimum absolute atomic E-state index is 0.0173.